The third-order valence-electron chi connectivity index (χ3n) is 4.00. The van der Waals surface area contributed by atoms with Gasteiger partial charge < -0.3 is 0 Å². The fraction of sp³-hybridized carbons (Fsp3) is 0.333. The lowest BCUT2D eigenvalue weighted by Crippen LogP contribution is -2.39. The molecule has 0 heterocycles. The number of benzene rings is 2. The molecule has 0 bridgehead atoms. The van der Waals surface area contributed by atoms with Crippen LogP contribution in [0.4, 0.5) is 0 Å². The lowest BCUT2D eigenvalue weighted by atomic mass is 10.1. The zero-order chi connectivity index (χ0) is 19.2. The highest BCUT2D eigenvalue weighted by atomic mass is 32.2. The molecule has 1 N–H and O–H groups in total. The summed E-state index contributed by atoms with van der Waals surface area (Å²) in [7, 11) is -7.10. The molecule has 2 aromatic rings. The molecule has 2 rings (SSSR count). The number of nitrogens with one attached hydrogen (secondary N) is 1. The lowest BCUT2D eigenvalue weighted by molar-refractivity contribution is 0.420. The highest BCUT2D eigenvalue weighted by molar-refractivity contribution is 7.89. The molecule has 0 saturated carbocycles. The SMILES string of the molecule is Cc1ccccc1S(=O)(=O)NCCN(CCc1ccccc1)S(C)(=O)=O. The van der Waals surface area contributed by atoms with Crippen molar-refractivity contribution < 1.29 is 16.8 Å². The molecule has 0 unspecified atom stereocenters. The number of hydrogen-bond acceptors (Lipinski definition) is 4. The van der Waals surface area contributed by atoms with Crippen LogP contribution in [0.1, 0.15) is 11.1 Å². The van der Waals surface area contributed by atoms with Gasteiger partial charge in [-0.1, -0.05) is 48.5 Å². The topological polar surface area (TPSA) is 83.6 Å². The van der Waals surface area contributed by atoms with Gasteiger partial charge >= 0.3 is 0 Å². The highest BCUT2D eigenvalue weighted by Crippen LogP contribution is 2.13. The predicted octanol–water partition coefficient (Wildman–Crippen LogP) is 1.78. The summed E-state index contributed by atoms with van der Waals surface area (Å²) in [6, 6.07) is 16.2. The van der Waals surface area contributed by atoms with E-state index in [0.717, 1.165) is 11.8 Å². The van der Waals surface area contributed by atoms with E-state index in [1.165, 1.54) is 10.4 Å². The minimum Gasteiger partial charge on any atom is -0.213 e. The Morgan fingerprint density at radius 3 is 2.12 bits per heavy atom. The second-order valence-electron chi connectivity index (χ2n) is 6.06. The van der Waals surface area contributed by atoms with Crippen LogP contribution >= 0.6 is 0 Å². The summed E-state index contributed by atoms with van der Waals surface area (Å²) in [5.74, 6) is 0. The minimum absolute atomic E-state index is 0.0124. The molecule has 0 aliphatic carbocycles. The van der Waals surface area contributed by atoms with Gasteiger partial charge in [-0.2, -0.15) is 0 Å². The maximum Gasteiger partial charge on any atom is 0.240 e. The van der Waals surface area contributed by atoms with E-state index >= 15 is 0 Å². The number of hydrogen-bond donors (Lipinski definition) is 1. The Balaban J connectivity index is 1.98. The van der Waals surface area contributed by atoms with Crippen molar-refractivity contribution in [2.75, 3.05) is 25.9 Å². The van der Waals surface area contributed by atoms with Crippen LogP contribution in [0.15, 0.2) is 59.5 Å². The van der Waals surface area contributed by atoms with Crippen molar-refractivity contribution in [3.63, 3.8) is 0 Å². The molecule has 26 heavy (non-hydrogen) atoms. The maximum absolute atomic E-state index is 12.4. The summed E-state index contributed by atoms with van der Waals surface area (Å²) >= 11 is 0. The van der Waals surface area contributed by atoms with Gasteiger partial charge in [-0.05, 0) is 30.5 Å². The molecular weight excluding hydrogens is 372 g/mol. The van der Waals surface area contributed by atoms with Gasteiger partial charge in [0.2, 0.25) is 20.0 Å². The van der Waals surface area contributed by atoms with E-state index in [1.807, 2.05) is 30.3 Å². The van der Waals surface area contributed by atoms with E-state index in [1.54, 1.807) is 25.1 Å². The van der Waals surface area contributed by atoms with Gasteiger partial charge in [0.05, 0.1) is 11.2 Å². The summed E-state index contributed by atoms with van der Waals surface area (Å²) in [6.07, 6.45) is 1.70. The lowest BCUT2D eigenvalue weighted by Gasteiger charge is -2.20. The first kappa shape index (κ1) is 20.6. The van der Waals surface area contributed by atoms with Crippen molar-refractivity contribution in [2.45, 2.75) is 18.2 Å². The minimum atomic E-state index is -3.67. The summed E-state index contributed by atoms with van der Waals surface area (Å²) in [4.78, 5) is 0.204. The van der Waals surface area contributed by atoms with E-state index in [2.05, 4.69) is 4.72 Å². The largest absolute Gasteiger partial charge is 0.240 e. The molecule has 0 aromatic heterocycles. The van der Waals surface area contributed by atoms with Gasteiger partial charge in [-0.15, -0.1) is 0 Å². The van der Waals surface area contributed by atoms with Gasteiger partial charge in [0.15, 0.2) is 0 Å². The van der Waals surface area contributed by atoms with Crippen LogP contribution < -0.4 is 4.72 Å². The van der Waals surface area contributed by atoms with Crippen molar-refractivity contribution in [2.24, 2.45) is 0 Å². The normalized spacial score (nSPS) is 12.4. The van der Waals surface area contributed by atoms with Crippen molar-refractivity contribution in [3.05, 3.63) is 65.7 Å². The third-order valence-corrected chi connectivity index (χ3v) is 6.92. The van der Waals surface area contributed by atoms with Crippen molar-refractivity contribution in [1.82, 2.24) is 9.03 Å². The zero-order valence-corrected chi connectivity index (χ0v) is 16.6. The average molecular weight is 397 g/mol. The quantitative estimate of drug-likeness (QED) is 0.700. The molecule has 0 amide bonds. The van der Waals surface area contributed by atoms with E-state index in [0.29, 0.717) is 18.5 Å². The van der Waals surface area contributed by atoms with Crippen molar-refractivity contribution in [3.8, 4) is 0 Å². The molecule has 0 aliphatic rings. The van der Waals surface area contributed by atoms with Crippen LogP contribution in [0.2, 0.25) is 0 Å². The Kier molecular flexibility index (Phi) is 6.94. The van der Waals surface area contributed by atoms with Gasteiger partial charge in [0, 0.05) is 19.6 Å². The monoisotopic (exact) mass is 396 g/mol. The van der Waals surface area contributed by atoms with Crippen LogP contribution in [-0.4, -0.2) is 47.0 Å². The molecule has 0 fully saturated rings. The molecule has 0 atom stereocenters. The Hall–Kier alpha value is -1.74. The van der Waals surface area contributed by atoms with Crippen molar-refractivity contribution >= 4 is 20.0 Å². The van der Waals surface area contributed by atoms with Gasteiger partial charge in [0.1, 0.15) is 0 Å². The standard InChI is InChI=1S/C18H24N2O4S2/c1-16-8-6-7-11-18(16)26(23,24)19-13-15-20(25(2,21)22)14-12-17-9-4-3-5-10-17/h3-11,19H,12-15H2,1-2H3. The fourth-order valence-electron chi connectivity index (χ4n) is 2.58. The molecule has 0 radical (unpaired) electrons. The second-order valence-corrected chi connectivity index (χ2v) is 9.78. The first-order valence-corrected chi connectivity index (χ1v) is 11.6. The Bertz CT molecular complexity index is 927. The smallest absolute Gasteiger partial charge is 0.213 e. The van der Waals surface area contributed by atoms with Crippen molar-refractivity contribution in [1.29, 1.82) is 0 Å². The van der Waals surface area contributed by atoms with Crippen LogP contribution in [0.25, 0.3) is 0 Å². The third kappa shape index (κ3) is 5.91. The number of aryl methyl sites for hydroxylation is 1. The maximum atomic E-state index is 12.4. The summed E-state index contributed by atoms with van der Waals surface area (Å²) in [5, 5.41) is 0. The Morgan fingerprint density at radius 1 is 0.885 bits per heavy atom. The highest BCUT2D eigenvalue weighted by Gasteiger charge is 2.19. The Morgan fingerprint density at radius 2 is 1.50 bits per heavy atom. The van der Waals surface area contributed by atoms with Gasteiger partial charge in [-0.25, -0.2) is 25.9 Å². The van der Waals surface area contributed by atoms with Crippen LogP contribution in [-0.2, 0) is 26.5 Å². The van der Waals surface area contributed by atoms with Crippen LogP contribution in [0, 0.1) is 6.92 Å². The fourth-order valence-corrected chi connectivity index (χ4v) is 4.69. The first-order valence-electron chi connectivity index (χ1n) is 8.24. The molecule has 0 saturated heterocycles. The molecule has 0 spiro atoms. The van der Waals surface area contributed by atoms with Crippen LogP contribution in [0.5, 0.6) is 0 Å². The summed E-state index contributed by atoms with van der Waals surface area (Å²) < 4.78 is 52.5. The first-order chi connectivity index (χ1) is 12.2. The number of nitrogens with zero attached hydrogens (tertiary/aromatic N) is 1. The molecule has 2 aromatic carbocycles. The molecule has 142 valence electrons. The Labute approximate surface area is 156 Å². The van der Waals surface area contributed by atoms with E-state index in [-0.39, 0.29) is 18.0 Å². The number of sulfonamides is 2. The van der Waals surface area contributed by atoms with Gasteiger partial charge in [-0.3, -0.25) is 0 Å². The predicted molar refractivity (Wildman–Crippen MR) is 103 cm³/mol. The summed E-state index contributed by atoms with van der Waals surface area (Å²) in [5.41, 5.74) is 1.67. The van der Waals surface area contributed by atoms with E-state index in [9.17, 15) is 16.8 Å². The summed E-state index contributed by atoms with van der Waals surface area (Å²) in [6.45, 7) is 2.11. The number of rotatable bonds is 9. The van der Waals surface area contributed by atoms with Gasteiger partial charge in [0.25, 0.3) is 0 Å². The van der Waals surface area contributed by atoms with Crippen LogP contribution in [0.3, 0.4) is 0 Å². The van der Waals surface area contributed by atoms with E-state index < -0.39 is 20.0 Å². The molecular formula is C18H24N2O4S2. The molecule has 0 aliphatic heterocycles. The average Bonchev–Trinajstić information content (AvgIpc) is 2.58. The zero-order valence-electron chi connectivity index (χ0n) is 14.9. The molecule has 8 heteroatoms. The second kappa shape index (κ2) is 8.77. The van der Waals surface area contributed by atoms with E-state index in [4.69, 9.17) is 0 Å². The molecule has 6 nitrogen and oxygen atoms in total.